The van der Waals surface area contributed by atoms with Crippen molar-refractivity contribution in [2.75, 3.05) is 6.54 Å². The molecule has 3 heterocycles. The molecule has 3 atom stereocenters. The third-order valence-corrected chi connectivity index (χ3v) is 5.46. The lowest BCUT2D eigenvalue weighted by Crippen LogP contribution is -2.47. The van der Waals surface area contributed by atoms with E-state index < -0.39 is 30.1 Å². The first kappa shape index (κ1) is 21.5. The fourth-order valence-electron chi connectivity index (χ4n) is 3.81. The predicted molar refractivity (Wildman–Crippen MR) is 112 cm³/mol. The molecule has 1 fully saturated rings. The molecule has 0 radical (unpaired) electrons. The lowest BCUT2D eigenvalue weighted by Gasteiger charge is -2.24. The molecule has 5 N–H and O–H groups in total. The zero-order valence-corrected chi connectivity index (χ0v) is 17.3. The van der Waals surface area contributed by atoms with Crippen LogP contribution in [0.25, 0.3) is 0 Å². The number of imidazole rings is 1. The second-order valence-electron chi connectivity index (χ2n) is 7.76. The molecular formula is C21H25N7O4. The average molecular weight is 439 g/mol. The SMILES string of the molecule is N[C@@H](Cc1cnc[nH]1)c1noc([C@H](Cc2ccccc2)NC(=O)N2CCCC2C(=O)O)n1. The van der Waals surface area contributed by atoms with Crippen LogP contribution < -0.4 is 11.1 Å². The van der Waals surface area contributed by atoms with Crippen LogP contribution in [0.4, 0.5) is 4.79 Å². The van der Waals surface area contributed by atoms with E-state index in [1.807, 2.05) is 30.3 Å². The minimum atomic E-state index is -1.01. The number of rotatable bonds is 8. The highest BCUT2D eigenvalue weighted by Gasteiger charge is 2.35. The number of aromatic nitrogens is 4. The van der Waals surface area contributed by atoms with Gasteiger partial charge in [-0.1, -0.05) is 35.5 Å². The molecule has 0 aliphatic carbocycles. The fraction of sp³-hybridized carbons (Fsp3) is 0.381. The number of aromatic amines is 1. The molecule has 1 saturated heterocycles. The van der Waals surface area contributed by atoms with Gasteiger partial charge in [0.1, 0.15) is 12.1 Å². The number of carbonyl (C=O) groups is 2. The van der Waals surface area contributed by atoms with E-state index in [1.54, 1.807) is 12.5 Å². The van der Waals surface area contributed by atoms with Gasteiger partial charge in [0, 0.05) is 31.3 Å². The molecule has 0 saturated carbocycles. The van der Waals surface area contributed by atoms with Crippen LogP contribution in [0.5, 0.6) is 0 Å². The maximum absolute atomic E-state index is 12.9. The summed E-state index contributed by atoms with van der Waals surface area (Å²) < 4.78 is 5.46. The number of likely N-dealkylation sites (tertiary alicyclic amines) is 1. The number of amides is 2. The third kappa shape index (κ3) is 4.94. The van der Waals surface area contributed by atoms with E-state index in [0.29, 0.717) is 38.1 Å². The largest absolute Gasteiger partial charge is 0.480 e. The Balaban J connectivity index is 1.52. The zero-order valence-electron chi connectivity index (χ0n) is 17.3. The van der Waals surface area contributed by atoms with Gasteiger partial charge < -0.3 is 30.6 Å². The quantitative estimate of drug-likeness (QED) is 0.411. The molecule has 1 unspecified atom stereocenters. The van der Waals surface area contributed by atoms with Crippen molar-refractivity contribution < 1.29 is 19.2 Å². The maximum atomic E-state index is 12.9. The number of nitrogens with two attached hydrogens (primary N) is 1. The predicted octanol–water partition coefficient (Wildman–Crippen LogP) is 1.58. The van der Waals surface area contributed by atoms with E-state index >= 15 is 0 Å². The minimum Gasteiger partial charge on any atom is -0.480 e. The second-order valence-corrected chi connectivity index (χ2v) is 7.76. The number of aliphatic carboxylic acids is 1. The summed E-state index contributed by atoms with van der Waals surface area (Å²) in [4.78, 5) is 37.1. The number of nitrogens with zero attached hydrogens (tertiary/aromatic N) is 4. The Morgan fingerprint density at radius 2 is 2.12 bits per heavy atom. The molecule has 3 aromatic rings. The number of carbonyl (C=O) groups excluding carboxylic acids is 1. The highest BCUT2D eigenvalue weighted by Crippen LogP contribution is 2.22. The summed E-state index contributed by atoms with van der Waals surface area (Å²) in [6.07, 6.45) is 5.16. The number of hydrogen-bond acceptors (Lipinski definition) is 7. The van der Waals surface area contributed by atoms with E-state index in [-0.39, 0.29) is 5.89 Å². The fourth-order valence-corrected chi connectivity index (χ4v) is 3.81. The van der Waals surface area contributed by atoms with Crippen molar-refractivity contribution in [3.63, 3.8) is 0 Å². The number of carboxylic acids is 1. The summed E-state index contributed by atoms with van der Waals surface area (Å²) in [5.41, 5.74) is 8.00. The van der Waals surface area contributed by atoms with Gasteiger partial charge in [-0.3, -0.25) is 0 Å². The van der Waals surface area contributed by atoms with E-state index in [9.17, 15) is 14.7 Å². The number of hydrogen-bond donors (Lipinski definition) is 4. The van der Waals surface area contributed by atoms with Crippen molar-refractivity contribution in [3.8, 4) is 0 Å². The van der Waals surface area contributed by atoms with Crippen LogP contribution in [0.1, 0.15) is 47.9 Å². The topological polar surface area (TPSA) is 163 Å². The molecule has 4 rings (SSSR count). The molecule has 0 bridgehead atoms. The molecule has 168 valence electrons. The van der Waals surface area contributed by atoms with Gasteiger partial charge in [0.2, 0.25) is 5.89 Å². The van der Waals surface area contributed by atoms with E-state index in [1.165, 1.54) is 4.90 Å². The van der Waals surface area contributed by atoms with Crippen LogP contribution in [-0.2, 0) is 17.6 Å². The Bertz CT molecular complexity index is 1040. The summed E-state index contributed by atoms with van der Waals surface area (Å²) in [6, 6.07) is 7.08. The van der Waals surface area contributed by atoms with Gasteiger partial charge in [-0.15, -0.1) is 0 Å². The third-order valence-electron chi connectivity index (χ3n) is 5.46. The smallest absolute Gasteiger partial charge is 0.326 e. The number of nitrogens with one attached hydrogen (secondary N) is 2. The van der Waals surface area contributed by atoms with Crippen LogP contribution >= 0.6 is 0 Å². The molecule has 2 amide bonds. The van der Waals surface area contributed by atoms with Crippen LogP contribution in [0.3, 0.4) is 0 Å². The van der Waals surface area contributed by atoms with Crippen molar-refractivity contribution in [1.82, 2.24) is 30.3 Å². The summed E-state index contributed by atoms with van der Waals surface area (Å²) >= 11 is 0. The van der Waals surface area contributed by atoms with Gasteiger partial charge in [-0.25, -0.2) is 14.6 Å². The van der Waals surface area contributed by atoms with E-state index in [4.69, 9.17) is 10.3 Å². The molecular weight excluding hydrogens is 414 g/mol. The van der Waals surface area contributed by atoms with Gasteiger partial charge >= 0.3 is 12.0 Å². The first-order valence-electron chi connectivity index (χ1n) is 10.4. The van der Waals surface area contributed by atoms with Gasteiger partial charge in [0.15, 0.2) is 5.82 Å². The highest BCUT2D eigenvalue weighted by atomic mass is 16.5. The number of urea groups is 1. The van der Waals surface area contributed by atoms with Crippen LogP contribution in [0, 0.1) is 0 Å². The Labute approximate surface area is 184 Å². The number of benzene rings is 1. The van der Waals surface area contributed by atoms with Gasteiger partial charge in [0.25, 0.3) is 0 Å². The van der Waals surface area contributed by atoms with Crippen LogP contribution in [-0.4, -0.2) is 54.7 Å². The van der Waals surface area contributed by atoms with Crippen molar-refractivity contribution in [3.05, 3.63) is 65.8 Å². The van der Waals surface area contributed by atoms with Crippen molar-refractivity contribution >= 4 is 12.0 Å². The normalized spacial score (nSPS) is 17.8. The van der Waals surface area contributed by atoms with E-state index in [2.05, 4.69) is 25.4 Å². The van der Waals surface area contributed by atoms with Crippen LogP contribution in [0.15, 0.2) is 47.4 Å². The Morgan fingerprint density at radius 1 is 1.31 bits per heavy atom. The Hall–Kier alpha value is -3.73. The molecule has 11 heteroatoms. The molecule has 11 nitrogen and oxygen atoms in total. The van der Waals surface area contributed by atoms with Gasteiger partial charge in [0.05, 0.1) is 12.4 Å². The summed E-state index contributed by atoms with van der Waals surface area (Å²) in [5, 5.41) is 16.3. The van der Waals surface area contributed by atoms with Crippen molar-refractivity contribution in [2.45, 2.75) is 43.8 Å². The first-order chi connectivity index (χ1) is 15.5. The minimum absolute atomic E-state index is 0.211. The Morgan fingerprint density at radius 3 is 2.84 bits per heavy atom. The first-order valence-corrected chi connectivity index (χ1v) is 10.4. The molecule has 2 aromatic heterocycles. The molecule has 1 aromatic carbocycles. The maximum Gasteiger partial charge on any atom is 0.326 e. The van der Waals surface area contributed by atoms with Crippen LogP contribution in [0.2, 0.25) is 0 Å². The van der Waals surface area contributed by atoms with Gasteiger partial charge in [-0.2, -0.15) is 4.98 Å². The summed E-state index contributed by atoms with van der Waals surface area (Å²) in [6.45, 7) is 0.380. The molecule has 32 heavy (non-hydrogen) atoms. The standard InChI is InChI=1S/C21H25N7O4/c22-15(10-14-11-23-12-24-14)18-26-19(32-27-18)16(9-13-5-2-1-3-6-13)25-21(31)28-8-4-7-17(28)20(29)30/h1-3,5-6,11-12,15-17H,4,7-10,22H2,(H,23,24)(H,25,31)(H,29,30)/t15-,16-,17?/m0/s1. The number of carboxylic acid groups (broad SMARTS) is 1. The second kappa shape index (κ2) is 9.60. The zero-order chi connectivity index (χ0) is 22.5. The van der Waals surface area contributed by atoms with E-state index in [0.717, 1.165) is 11.3 Å². The average Bonchev–Trinajstić information content (AvgIpc) is 3.55. The lowest BCUT2D eigenvalue weighted by atomic mass is 10.1. The highest BCUT2D eigenvalue weighted by molar-refractivity contribution is 5.83. The molecule has 1 aliphatic heterocycles. The summed E-state index contributed by atoms with van der Waals surface area (Å²) in [7, 11) is 0. The molecule has 1 aliphatic rings. The van der Waals surface area contributed by atoms with Crippen molar-refractivity contribution in [1.29, 1.82) is 0 Å². The number of H-pyrrole nitrogens is 1. The van der Waals surface area contributed by atoms with Gasteiger partial charge in [-0.05, 0) is 18.4 Å². The monoisotopic (exact) mass is 439 g/mol. The lowest BCUT2D eigenvalue weighted by molar-refractivity contribution is -0.141. The van der Waals surface area contributed by atoms with Crippen molar-refractivity contribution in [2.24, 2.45) is 5.73 Å². The Kier molecular flexibility index (Phi) is 6.45. The molecule has 0 spiro atoms. The summed E-state index contributed by atoms with van der Waals surface area (Å²) in [5.74, 6) is -0.489.